The Morgan fingerprint density at radius 3 is 1.85 bits per heavy atom. The molecule has 6 nitrogen and oxygen atoms in total. The molecular weight excluding hydrogens is 420 g/mol. The van der Waals surface area contributed by atoms with E-state index in [9.17, 15) is 5.11 Å². The average molecular weight is 449 g/mol. The Hall–Kier alpha value is -2.58. The van der Waals surface area contributed by atoms with E-state index in [0.29, 0.717) is 13.2 Å². The zero-order valence-electron chi connectivity index (χ0n) is 18.2. The van der Waals surface area contributed by atoms with E-state index in [1.165, 1.54) is 0 Å². The molecule has 1 N–H and O–H groups in total. The highest BCUT2D eigenvalue weighted by atomic mass is 16.7. The fourth-order valence-corrected chi connectivity index (χ4v) is 4.24. The van der Waals surface area contributed by atoms with Crippen LogP contribution in [0.25, 0.3) is 0 Å². The van der Waals surface area contributed by atoms with Gasteiger partial charge < -0.3 is 28.8 Å². The highest BCUT2D eigenvalue weighted by Crippen LogP contribution is 2.36. The molecule has 2 fully saturated rings. The van der Waals surface area contributed by atoms with E-state index in [4.69, 9.17) is 23.7 Å². The maximum atomic E-state index is 10.8. The van der Waals surface area contributed by atoms with Crippen LogP contribution in [0.3, 0.4) is 0 Å². The van der Waals surface area contributed by atoms with Gasteiger partial charge in [-0.2, -0.15) is 0 Å². The summed E-state index contributed by atoms with van der Waals surface area (Å²) >= 11 is 0. The summed E-state index contributed by atoms with van der Waals surface area (Å²) < 4.78 is 30.6. The van der Waals surface area contributed by atoms with Gasteiger partial charge in [0.2, 0.25) is 0 Å². The summed E-state index contributed by atoms with van der Waals surface area (Å²) in [7, 11) is 0. The molecule has 0 saturated carbocycles. The summed E-state index contributed by atoms with van der Waals surface area (Å²) in [6.45, 7) is 0.984. The fourth-order valence-electron chi connectivity index (χ4n) is 4.24. The lowest BCUT2D eigenvalue weighted by atomic mass is 9.97. The van der Waals surface area contributed by atoms with Gasteiger partial charge in [-0.3, -0.25) is 0 Å². The zero-order valence-corrected chi connectivity index (χ0v) is 18.2. The van der Waals surface area contributed by atoms with Crippen molar-refractivity contribution in [2.75, 3.05) is 6.61 Å². The van der Waals surface area contributed by atoms with E-state index in [1.54, 1.807) is 0 Å². The van der Waals surface area contributed by atoms with Gasteiger partial charge in [-0.1, -0.05) is 91.0 Å². The monoisotopic (exact) mass is 448 g/mol. The van der Waals surface area contributed by atoms with Gasteiger partial charge in [0, 0.05) is 5.56 Å². The molecule has 2 aliphatic heterocycles. The minimum Gasteiger partial charge on any atom is -0.368 e. The Balaban J connectivity index is 1.36. The smallest absolute Gasteiger partial charge is 0.184 e. The van der Waals surface area contributed by atoms with Gasteiger partial charge in [0.25, 0.3) is 0 Å². The van der Waals surface area contributed by atoms with Crippen molar-refractivity contribution in [2.24, 2.45) is 0 Å². The van der Waals surface area contributed by atoms with Gasteiger partial charge in [-0.25, -0.2) is 0 Å². The Kier molecular flexibility index (Phi) is 7.12. The Bertz CT molecular complexity index is 983. The number of hydrogen-bond acceptors (Lipinski definition) is 6. The zero-order chi connectivity index (χ0) is 22.5. The summed E-state index contributed by atoms with van der Waals surface area (Å²) in [5.41, 5.74) is 2.96. The minimum absolute atomic E-state index is 0.290. The summed E-state index contributed by atoms with van der Waals surface area (Å²) in [6.07, 6.45) is -3.88. The molecule has 6 heteroatoms. The SMILES string of the molecule is OC1OC2COC(c3ccccc3)O[C@H]2[C@H](OCc2ccccc2)C1OCc1ccccc1. The molecule has 0 radical (unpaired) electrons. The number of aliphatic hydroxyl groups is 1. The van der Waals surface area contributed by atoms with Gasteiger partial charge in [-0.05, 0) is 11.1 Å². The highest BCUT2D eigenvalue weighted by Gasteiger charge is 2.51. The molecule has 0 spiro atoms. The van der Waals surface area contributed by atoms with E-state index in [-0.39, 0.29) is 6.61 Å². The molecule has 2 aliphatic rings. The van der Waals surface area contributed by atoms with Crippen LogP contribution in [-0.2, 0) is 36.9 Å². The first-order valence-corrected chi connectivity index (χ1v) is 11.2. The molecule has 0 amide bonds. The molecular formula is C27H28O6. The van der Waals surface area contributed by atoms with Crippen molar-refractivity contribution < 1.29 is 28.8 Å². The van der Waals surface area contributed by atoms with Gasteiger partial charge in [-0.15, -0.1) is 0 Å². The number of fused-ring (bicyclic) bond motifs is 1. The van der Waals surface area contributed by atoms with Crippen LogP contribution in [0.5, 0.6) is 0 Å². The lowest BCUT2D eigenvalue weighted by Crippen LogP contribution is -2.63. The fraction of sp³-hybridized carbons (Fsp3) is 0.333. The van der Waals surface area contributed by atoms with Crippen molar-refractivity contribution >= 4 is 0 Å². The van der Waals surface area contributed by atoms with E-state index in [2.05, 4.69) is 0 Å². The van der Waals surface area contributed by atoms with E-state index < -0.39 is 37.0 Å². The maximum Gasteiger partial charge on any atom is 0.184 e. The summed E-state index contributed by atoms with van der Waals surface area (Å²) in [4.78, 5) is 0. The van der Waals surface area contributed by atoms with Crippen LogP contribution >= 0.6 is 0 Å². The third kappa shape index (κ3) is 5.33. The van der Waals surface area contributed by atoms with Crippen molar-refractivity contribution in [3.05, 3.63) is 108 Å². The van der Waals surface area contributed by atoms with Gasteiger partial charge in [0.1, 0.15) is 24.4 Å². The first-order chi connectivity index (χ1) is 16.3. The Morgan fingerprint density at radius 1 is 0.697 bits per heavy atom. The van der Waals surface area contributed by atoms with Crippen LogP contribution in [-0.4, -0.2) is 42.4 Å². The minimum atomic E-state index is -1.16. The van der Waals surface area contributed by atoms with Crippen molar-refractivity contribution in [3.8, 4) is 0 Å². The number of rotatable bonds is 7. The second-order valence-electron chi connectivity index (χ2n) is 8.26. The molecule has 6 atom stereocenters. The first-order valence-electron chi connectivity index (χ1n) is 11.2. The third-order valence-corrected chi connectivity index (χ3v) is 5.94. The quantitative estimate of drug-likeness (QED) is 0.590. The summed E-state index contributed by atoms with van der Waals surface area (Å²) in [6, 6.07) is 29.5. The molecule has 0 aliphatic carbocycles. The van der Waals surface area contributed by atoms with Crippen LogP contribution < -0.4 is 0 Å². The number of hydrogen-bond donors (Lipinski definition) is 1. The topological polar surface area (TPSA) is 66.4 Å². The van der Waals surface area contributed by atoms with Crippen molar-refractivity contribution in [1.29, 1.82) is 0 Å². The normalized spacial score (nSPS) is 29.4. The summed E-state index contributed by atoms with van der Waals surface area (Å²) in [5.74, 6) is 0. The number of ether oxygens (including phenoxy) is 5. The Morgan fingerprint density at radius 2 is 1.24 bits per heavy atom. The van der Waals surface area contributed by atoms with Crippen LogP contribution in [0.2, 0.25) is 0 Å². The predicted octanol–water partition coefficient (Wildman–Crippen LogP) is 3.99. The van der Waals surface area contributed by atoms with Gasteiger partial charge >= 0.3 is 0 Å². The van der Waals surface area contributed by atoms with Crippen LogP contribution in [0, 0.1) is 0 Å². The van der Waals surface area contributed by atoms with Crippen LogP contribution in [0.4, 0.5) is 0 Å². The largest absolute Gasteiger partial charge is 0.368 e. The van der Waals surface area contributed by atoms with Crippen molar-refractivity contribution in [3.63, 3.8) is 0 Å². The molecule has 0 aromatic heterocycles. The molecule has 5 rings (SSSR count). The number of aliphatic hydroxyl groups excluding tert-OH is 1. The lowest BCUT2D eigenvalue weighted by molar-refractivity contribution is -0.366. The maximum absolute atomic E-state index is 10.8. The molecule has 2 heterocycles. The van der Waals surface area contributed by atoms with Crippen molar-refractivity contribution in [2.45, 2.75) is 50.2 Å². The molecule has 4 unspecified atom stereocenters. The van der Waals surface area contributed by atoms with E-state index in [0.717, 1.165) is 16.7 Å². The van der Waals surface area contributed by atoms with Crippen molar-refractivity contribution in [1.82, 2.24) is 0 Å². The molecule has 2 saturated heterocycles. The van der Waals surface area contributed by atoms with Gasteiger partial charge in [0.05, 0.1) is 19.8 Å². The van der Waals surface area contributed by atoms with Gasteiger partial charge in [0.15, 0.2) is 12.6 Å². The second-order valence-corrected chi connectivity index (χ2v) is 8.26. The molecule has 0 bridgehead atoms. The average Bonchev–Trinajstić information content (AvgIpc) is 2.88. The molecule has 33 heavy (non-hydrogen) atoms. The van der Waals surface area contributed by atoms with E-state index in [1.807, 2.05) is 91.0 Å². The third-order valence-electron chi connectivity index (χ3n) is 5.94. The molecule has 172 valence electrons. The molecule has 3 aromatic carbocycles. The lowest BCUT2D eigenvalue weighted by Gasteiger charge is -2.47. The summed E-state index contributed by atoms with van der Waals surface area (Å²) in [5, 5.41) is 10.8. The standard InChI is InChI=1S/C27H28O6/c28-26-25(30-17-20-12-6-2-7-13-20)24(29-16-19-10-4-1-5-11-19)23-22(32-26)18-31-27(33-23)21-14-8-3-9-15-21/h1-15,22-28H,16-18H2/t22?,23-,24+,25?,26?,27?/m1/s1. The first kappa shape index (κ1) is 22.2. The number of benzene rings is 3. The van der Waals surface area contributed by atoms with E-state index >= 15 is 0 Å². The second kappa shape index (κ2) is 10.6. The van der Waals surface area contributed by atoms with Crippen LogP contribution in [0.15, 0.2) is 91.0 Å². The Labute approximate surface area is 193 Å². The highest BCUT2D eigenvalue weighted by molar-refractivity contribution is 5.17. The van der Waals surface area contributed by atoms with Crippen LogP contribution in [0.1, 0.15) is 23.0 Å². The molecule has 3 aromatic rings. The predicted molar refractivity (Wildman–Crippen MR) is 121 cm³/mol.